The Balaban J connectivity index is 1.71. The third-order valence-electron chi connectivity index (χ3n) is 4.13. The van der Waals surface area contributed by atoms with E-state index in [0.29, 0.717) is 5.69 Å². The Kier molecular flexibility index (Phi) is 3.61. The number of aromatic carboxylic acids is 1. The second-order valence-electron chi connectivity index (χ2n) is 5.67. The molecule has 1 aromatic carbocycles. The predicted molar refractivity (Wildman–Crippen MR) is 74.7 cm³/mol. The summed E-state index contributed by atoms with van der Waals surface area (Å²) >= 11 is 0. The van der Waals surface area contributed by atoms with Gasteiger partial charge in [-0.05, 0) is 30.9 Å². The van der Waals surface area contributed by atoms with Crippen LogP contribution in [-0.4, -0.2) is 48.7 Å². The van der Waals surface area contributed by atoms with Crippen LogP contribution in [0.5, 0.6) is 0 Å². The van der Waals surface area contributed by atoms with Crippen LogP contribution in [0.3, 0.4) is 0 Å². The first-order valence-corrected chi connectivity index (χ1v) is 7.14. The Morgan fingerprint density at radius 2 is 1.95 bits per heavy atom. The first-order valence-electron chi connectivity index (χ1n) is 7.14. The molecule has 2 aliphatic rings. The van der Waals surface area contributed by atoms with Crippen LogP contribution in [0.25, 0.3) is 0 Å². The zero-order valence-corrected chi connectivity index (χ0v) is 11.4. The molecule has 1 aromatic rings. The number of anilines is 1. The summed E-state index contributed by atoms with van der Waals surface area (Å²) in [6.07, 6.45) is 2.68. The van der Waals surface area contributed by atoms with Crippen molar-refractivity contribution in [2.45, 2.75) is 12.8 Å². The quantitative estimate of drug-likeness (QED) is 0.915. The lowest BCUT2D eigenvalue weighted by atomic mass is 10.1. The lowest BCUT2D eigenvalue weighted by molar-refractivity contribution is 0.0692. The van der Waals surface area contributed by atoms with Crippen LogP contribution < -0.4 is 4.90 Å². The number of rotatable bonds is 4. The molecule has 108 valence electrons. The highest BCUT2D eigenvalue weighted by Gasteiger charge is 2.28. The van der Waals surface area contributed by atoms with Crippen LogP contribution in [0, 0.1) is 11.7 Å². The normalized spacial score (nSPS) is 20.1. The van der Waals surface area contributed by atoms with Crippen LogP contribution in [0.4, 0.5) is 10.1 Å². The number of carboxylic acids is 1. The molecule has 5 heteroatoms. The van der Waals surface area contributed by atoms with Gasteiger partial charge in [-0.3, -0.25) is 4.90 Å². The molecule has 0 spiro atoms. The Hall–Kier alpha value is -1.62. The standard InChI is InChI=1S/C15H19FN2O2/c16-12-2-1-3-13(14(12)15(19)20)18-8-6-17(7-9-18)10-11-4-5-11/h1-3,11H,4-10H2,(H,19,20). The average Bonchev–Trinajstić information content (AvgIpc) is 3.23. The molecule has 0 unspecified atom stereocenters. The molecule has 1 saturated heterocycles. The maximum atomic E-state index is 13.7. The molecule has 0 bridgehead atoms. The van der Waals surface area contributed by atoms with E-state index >= 15 is 0 Å². The topological polar surface area (TPSA) is 43.8 Å². The van der Waals surface area contributed by atoms with Crippen LogP contribution >= 0.6 is 0 Å². The van der Waals surface area contributed by atoms with Gasteiger partial charge >= 0.3 is 5.97 Å². The van der Waals surface area contributed by atoms with Crippen molar-refractivity contribution in [2.24, 2.45) is 5.92 Å². The molecular weight excluding hydrogens is 259 g/mol. The maximum absolute atomic E-state index is 13.7. The van der Waals surface area contributed by atoms with E-state index in [2.05, 4.69) is 4.90 Å². The molecule has 3 rings (SSSR count). The van der Waals surface area contributed by atoms with Crippen molar-refractivity contribution in [3.8, 4) is 0 Å². The minimum Gasteiger partial charge on any atom is -0.478 e. The van der Waals surface area contributed by atoms with Gasteiger partial charge in [0, 0.05) is 32.7 Å². The highest BCUT2D eigenvalue weighted by Crippen LogP contribution is 2.30. The third kappa shape index (κ3) is 2.77. The van der Waals surface area contributed by atoms with Crippen molar-refractivity contribution in [3.05, 3.63) is 29.6 Å². The first-order chi connectivity index (χ1) is 9.65. The monoisotopic (exact) mass is 278 g/mol. The SMILES string of the molecule is O=C(O)c1c(F)cccc1N1CCN(CC2CC2)CC1. The van der Waals surface area contributed by atoms with Crippen molar-refractivity contribution < 1.29 is 14.3 Å². The summed E-state index contributed by atoms with van der Waals surface area (Å²) in [4.78, 5) is 15.6. The lowest BCUT2D eigenvalue weighted by Crippen LogP contribution is -2.47. The Morgan fingerprint density at radius 1 is 1.25 bits per heavy atom. The number of hydrogen-bond donors (Lipinski definition) is 1. The Morgan fingerprint density at radius 3 is 2.55 bits per heavy atom. The molecule has 20 heavy (non-hydrogen) atoms. The predicted octanol–water partition coefficient (Wildman–Crippen LogP) is 2.06. The molecule has 1 N–H and O–H groups in total. The minimum atomic E-state index is -1.20. The number of carbonyl (C=O) groups is 1. The highest BCUT2D eigenvalue weighted by atomic mass is 19.1. The van der Waals surface area contributed by atoms with Gasteiger partial charge in [0.05, 0.1) is 5.69 Å². The average molecular weight is 278 g/mol. The molecule has 0 aromatic heterocycles. The summed E-state index contributed by atoms with van der Waals surface area (Å²) in [6, 6.07) is 4.48. The van der Waals surface area contributed by atoms with E-state index in [0.717, 1.165) is 38.6 Å². The maximum Gasteiger partial charge on any atom is 0.340 e. The smallest absolute Gasteiger partial charge is 0.340 e. The molecule has 1 heterocycles. The van der Waals surface area contributed by atoms with E-state index in [1.807, 2.05) is 4.90 Å². The first kappa shape index (κ1) is 13.4. The third-order valence-corrected chi connectivity index (χ3v) is 4.13. The largest absolute Gasteiger partial charge is 0.478 e. The highest BCUT2D eigenvalue weighted by molar-refractivity contribution is 5.94. The second-order valence-corrected chi connectivity index (χ2v) is 5.67. The van der Waals surface area contributed by atoms with Gasteiger partial charge in [0.2, 0.25) is 0 Å². The van der Waals surface area contributed by atoms with E-state index < -0.39 is 11.8 Å². The van der Waals surface area contributed by atoms with Gasteiger partial charge in [-0.15, -0.1) is 0 Å². The number of carboxylic acid groups (broad SMARTS) is 1. The lowest BCUT2D eigenvalue weighted by Gasteiger charge is -2.36. The molecule has 4 nitrogen and oxygen atoms in total. The van der Waals surface area contributed by atoms with Gasteiger partial charge in [-0.2, -0.15) is 0 Å². The van der Waals surface area contributed by atoms with Crippen LogP contribution in [0.1, 0.15) is 23.2 Å². The van der Waals surface area contributed by atoms with E-state index in [-0.39, 0.29) is 5.56 Å². The number of benzene rings is 1. The van der Waals surface area contributed by atoms with Crippen molar-refractivity contribution in [1.29, 1.82) is 0 Å². The zero-order chi connectivity index (χ0) is 14.1. The van der Waals surface area contributed by atoms with Gasteiger partial charge in [-0.25, -0.2) is 9.18 Å². The van der Waals surface area contributed by atoms with Crippen LogP contribution in [0.2, 0.25) is 0 Å². The Labute approximate surface area is 117 Å². The zero-order valence-electron chi connectivity index (χ0n) is 11.4. The van der Waals surface area contributed by atoms with Gasteiger partial charge in [0.15, 0.2) is 0 Å². The summed E-state index contributed by atoms with van der Waals surface area (Å²) in [5, 5.41) is 9.18. The van der Waals surface area contributed by atoms with Crippen LogP contribution in [-0.2, 0) is 0 Å². The fourth-order valence-electron chi connectivity index (χ4n) is 2.82. The van der Waals surface area contributed by atoms with Gasteiger partial charge in [0.1, 0.15) is 11.4 Å². The van der Waals surface area contributed by atoms with Gasteiger partial charge in [0.25, 0.3) is 0 Å². The summed E-state index contributed by atoms with van der Waals surface area (Å²) in [6.45, 7) is 4.52. The number of halogens is 1. The molecule has 0 radical (unpaired) electrons. The molecule has 2 fully saturated rings. The van der Waals surface area contributed by atoms with E-state index in [1.54, 1.807) is 12.1 Å². The molecule has 0 atom stereocenters. The van der Waals surface area contributed by atoms with Crippen molar-refractivity contribution in [3.63, 3.8) is 0 Å². The summed E-state index contributed by atoms with van der Waals surface area (Å²) < 4.78 is 13.7. The van der Waals surface area contributed by atoms with Gasteiger partial charge in [-0.1, -0.05) is 6.07 Å². The number of hydrogen-bond acceptors (Lipinski definition) is 3. The van der Waals surface area contributed by atoms with E-state index in [4.69, 9.17) is 0 Å². The minimum absolute atomic E-state index is 0.205. The number of nitrogens with zero attached hydrogens (tertiary/aromatic N) is 2. The van der Waals surface area contributed by atoms with Crippen molar-refractivity contribution in [2.75, 3.05) is 37.6 Å². The van der Waals surface area contributed by atoms with Gasteiger partial charge < -0.3 is 10.0 Å². The van der Waals surface area contributed by atoms with Crippen molar-refractivity contribution in [1.82, 2.24) is 4.90 Å². The fraction of sp³-hybridized carbons (Fsp3) is 0.533. The molecule has 1 aliphatic carbocycles. The van der Waals surface area contributed by atoms with Crippen molar-refractivity contribution >= 4 is 11.7 Å². The summed E-state index contributed by atoms with van der Waals surface area (Å²) in [5.41, 5.74) is 0.298. The van der Waals surface area contributed by atoms with Crippen LogP contribution in [0.15, 0.2) is 18.2 Å². The molecule has 1 aliphatic heterocycles. The van der Waals surface area contributed by atoms with E-state index in [9.17, 15) is 14.3 Å². The Bertz CT molecular complexity index is 509. The second kappa shape index (κ2) is 5.40. The van der Waals surface area contributed by atoms with E-state index in [1.165, 1.54) is 18.9 Å². The molecule has 1 saturated carbocycles. The summed E-state index contributed by atoms with van der Waals surface area (Å²) in [7, 11) is 0. The summed E-state index contributed by atoms with van der Waals surface area (Å²) in [5.74, 6) is -0.987. The number of piperazine rings is 1. The molecular formula is C15H19FN2O2. The molecule has 0 amide bonds. The fourth-order valence-corrected chi connectivity index (χ4v) is 2.82.